The van der Waals surface area contributed by atoms with Crippen molar-refractivity contribution >= 4 is 28.6 Å². The summed E-state index contributed by atoms with van der Waals surface area (Å²) in [6.45, 7) is 6.18. The van der Waals surface area contributed by atoms with Crippen LogP contribution in [-0.4, -0.2) is 25.1 Å². The van der Waals surface area contributed by atoms with Crippen LogP contribution in [-0.2, 0) is 7.05 Å². The quantitative estimate of drug-likeness (QED) is 0.776. The van der Waals surface area contributed by atoms with Gasteiger partial charge in [-0.2, -0.15) is 9.97 Å². The number of aromatic nitrogens is 4. The first-order valence-electron chi connectivity index (χ1n) is 4.99. The van der Waals surface area contributed by atoms with E-state index in [9.17, 15) is 0 Å². The molecule has 5 nitrogen and oxygen atoms in total. The van der Waals surface area contributed by atoms with E-state index in [0.717, 1.165) is 5.52 Å². The molecule has 0 saturated heterocycles. The van der Waals surface area contributed by atoms with Gasteiger partial charge in [-0.05, 0) is 32.4 Å². The third kappa shape index (κ3) is 2.09. The van der Waals surface area contributed by atoms with E-state index in [1.54, 1.807) is 6.33 Å². The first-order valence-corrected chi connectivity index (χ1v) is 5.37. The van der Waals surface area contributed by atoms with E-state index in [-0.39, 0.29) is 10.8 Å². The maximum absolute atomic E-state index is 5.85. The number of imidazole rings is 1. The SMILES string of the molecule is Cn1cnc2nc(Cl)nc(NC(C)(C)C)c21. The lowest BCUT2D eigenvalue weighted by molar-refractivity contribution is 0.630. The lowest BCUT2D eigenvalue weighted by Gasteiger charge is -2.21. The third-order valence-electron chi connectivity index (χ3n) is 2.04. The highest BCUT2D eigenvalue weighted by molar-refractivity contribution is 6.28. The van der Waals surface area contributed by atoms with Crippen LogP contribution in [0.4, 0.5) is 5.82 Å². The highest BCUT2D eigenvalue weighted by atomic mass is 35.5. The Labute approximate surface area is 98.9 Å². The maximum atomic E-state index is 5.85. The van der Waals surface area contributed by atoms with Gasteiger partial charge in [0.15, 0.2) is 11.5 Å². The Bertz CT molecular complexity index is 526. The average Bonchev–Trinajstić information content (AvgIpc) is 2.44. The molecule has 2 aromatic rings. The van der Waals surface area contributed by atoms with Crippen LogP contribution in [0.1, 0.15) is 20.8 Å². The Balaban J connectivity index is 2.62. The molecule has 0 atom stereocenters. The minimum Gasteiger partial charge on any atom is -0.364 e. The average molecular weight is 240 g/mol. The molecule has 0 spiro atoms. The number of anilines is 1. The Morgan fingerprint density at radius 2 is 2.00 bits per heavy atom. The monoisotopic (exact) mass is 239 g/mol. The topological polar surface area (TPSA) is 55.6 Å². The largest absolute Gasteiger partial charge is 0.364 e. The van der Waals surface area contributed by atoms with Crippen LogP contribution in [0, 0.1) is 0 Å². The second kappa shape index (κ2) is 3.59. The summed E-state index contributed by atoms with van der Waals surface area (Å²) in [5.74, 6) is 0.711. The van der Waals surface area contributed by atoms with Gasteiger partial charge in [-0.15, -0.1) is 0 Å². The van der Waals surface area contributed by atoms with Crippen molar-refractivity contribution in [3.05, 3.63) is 11.6 Å². The normalized spacial score (nSPS) is 12.1. The predicted molar refractivity (Wildman–Crippen MR) is 64.7 cm³/mol. The molecule has 86 valence electrons. The van der Waals surface area contributed by atoms with Gasteiger partial charge in [-0.25, -0.2) is 4.98 Å². The molecular weight excluding hydrogens is 226 g/mol. The standard InChI is InChI=1S/C10H14ClN5/c1-10(2,3)15-8-6-7(12-5-16(6)4)13-9(11)14-8/h5H,1-4H3,(H,13,14,15). The molecule has 0 fully saturated rings. The summed E-state index contributed by atoms with van der Waals surface area (Å²) in [6.07, 6.45) is 1.70. The van der Waals surface area contributed by atoms with Gasteiger partial charge in [0.2, 0.25) is 5.28 Å². The van der Waals surface area contributed by atoms with Crippen molar-refractivity contribution in [3.63, 3.8) is 0 Å². The fraction of sp³-hybridized carbons (Fsp3) is 0.500. The van der Waals surface area contributed by atoms with Gasteiger partial charge >= 0.3 is 0 Å². The molecule has 0 unspecified atom stereocenters. The van der Waals surface area contributed by atoms with Crippen molar-refractivity contribution in [3.8, 4) is 0 Å². The molecule has 0 bridgehead atoms. The van der Waals surface area contributed by atoms with Gasteiger partial charge < -0.3 is 9.88 Å². The van der Waals surface area contributed by atoms with Gasteiger partial charge in [0, 0.05) is 12.6 Å². The number of rotatable bonds is 1. The molecule has 0 aliphatic rings. The zero-order valence-corrected chi connectivity index (χ0v) is 10.5. The molecule has 0 aromatic carbocycles. The van der Waals surface area contributed by atoms with E-state index < -0.39 is 0 Å². The molecule has 0 saturated carbocycles. The van der Waals surface area contributed by atoms with Crippen LogP contribution < -0.4 is 5.32 Å². The minimum absolute atomic E-state index is 0.0884. The summed E-state index contributed by atoms with van der Waals surface area (Å²) in [7, 11) is 1.90. The van der Waals surface area contributed by atoms with Crippen LogP contribution in [0.5, 0.6) is 0 Å². The molecule has 0 aliphatic heterocycles. The van der Waals surface area contributed by atoms with Crippen molar-refractivity contribution in [1.29, 1.82) is 0 Å². The Hall–Kier alpha value is -1.36. The number of aryl methyl sites for hydroxylation is 1. The highest BCUT2D eigenvalue weighted by Gasteiger charge is 2.16. The lowest BCUT2D eigenvalue weighted by Crippen LogP contribution is -2.27. The first-order chi connectivity index (χ1) is 7.37. The Morgan fingerprint density at radius 1 is 1.31 bits per heavy atom. The van der Waals surface area contributed by atoms with E-state index in [0.29, 0.717) is 11.5 Å². The number of nitrogens with one attached hydrogen (secondary N) is 1. The van der Waals surface area contributed by atoms with E-state index in [1.165, 1.54) is 0 Å². The molecule has 2 aromatic heterocycles. The van der Waals surface area contributed by atoms with E-state index in [4.69, 9.17) is 11.6 Å². The molecule has 0 radical (unpaired) electrons. The van der Waals surface area contributed by atoms with Crippen LogP contribution in [0.3, 0.4) is 0 Å². The lowest BCUT2D eigenvalue weighted by atomic mass is 10.1. The summed E-state index contributed by atoms with van der Waals surface area (Å²) in [5.41, 5.74) is 1.38. The van der Waals surface area contributed by atoms with Crippen LogP contribution in [0.2, 0.25) is 5.28 Å². The third-order valence-corrected chi connectivity index (χ3v) is 2.21. The van der Waals surface area contributed by atoms with Crippen molar-refractivity contribution in [2.75, 3.05) is 5.32 Å². The molecule has 16 heavy (non-hydrogen) atoms. The van der Waals surface area contributed by atoms with Gasteiger partial charge in [0.1, 0.15) is 5.52 Å². The van der Waals surface area contributed by atoms with E-state index >= 15 is 0 Å². The van der Waals surface area contributed by atoms with E-state index in [2.05, 4.69) is 41.0 Å². The van der Waals surface area contributed by atoms with Crippen molar-refractivity contribution < 1.29 is 0 Å². The van der Waals surface area contributed by atoms with E-state index in [1.807, 2.05) is 11.6 Å². The smallest absolute Gasteiger partial charge is 0.226 e. The van der Waals surface area contributed by atoms with Crippen LogP contribution >= 0.6 is 11.6 Å². The summed E-state index contributed by atoms with van der Waals surface area (Å²) < 4.78 is 1.87. The molecular formula is C10H14ClN5. The zero-order chi connectivity index (χ0) is 11.9. The van der Waals surface area contributed by atoms with Gasteiger partial charge in [-0.3, -0.25) is 0 Å². The predicted octanol–water partition coefficient (Wildman–Crippen LogP) is 2.23. The molecule has 2 rings (SSSR count). The molecule has 1 N–H and O–H groups in total. The van der Waals surface area contributed by atoms with Crippen molar-refractivity contribution in [2.24, 2.45) is 7.05 Å². The maximum Gasteiger partial charge on any atom is 0.226 e. The number of nitrogens with zero attached hydrogens (tertiary/aromatic N) is 4. The van der Waals surface area contributed by atoms with Gasteiger partial charge in [-0.1, -0.05) is 0 Å². The number of fused-ring (bicyclic) bond motifs is 1. The first kappa shape index (κ1) is 11.1. The molecule has 0 aliphatic carbocycles. The number of hydrogen-bond donors (Lipinski definition) is 1. The summed E-state index contributed by atoms with van der Waals surface area (Å²) in [6, 6.07) is 0. The highest BCUT2D eigenvalue weighted by Crippen LogP contribution is 2.23. The van der Waals surface area contributed by atoms with Crippen molar-refractivity contribution in [1.82, 2.24) is 19.5 Å². The Morgan fingerprint density at radius 3 is 2.62 bits per heavy atom. The molecule has 6 heteroatoms. The summed E-state index contributed by atoms with van der Waals surface area (Å²) in [4.78, 5) is 12.4. The van der Waals surface area contributed by atoms with Crippen LogP contribution in [0.15, 0.2) is 6.33 Å². The molecule has 2 heterocycles. The second-order valence-electron chi connectivity index (χ2n) is 4.74. The summed E-state index contributed by atoms with van der Waals surface area (Å²) in [5, 5.41) is 3.50. The number of halogens is 1. The second-order valence-corrected chi connectivity index (χ2v) is 5.08. The minimum atomic E-state index is -0.0884. The van der Waals surface area contributed by atoms with Crippen molar-refractivity contribution in [2.45, 2.75) is 26.3 Å². The molecule has 0 amide bonds. The zero-order valence-electron chi connectivity index (χ0n) is 9.74. The van der Waals surface area contributed by atoms with Gasteiger partial charge in [0.25, 0.3) is 0 Å². The number of hydrogen-bond acceptors (Lipinski definition) is 4. The Kier molecular flexibility index (Phi) is 2.50. The summed E-state index contributed by atoms with van der Waals surface area (Å²) >= 11 is 5.85. The van der Waals surface area contributed by atoms with Gasteiger partial charge in [0.05, 0.1) is 6.33 Å². The van der Waals surface area contributed by atoms with Crippen LogP contribution in [0.25, 0.3) is 11.2 Å². The fourth-order valence-electron chi connectivity index (χ4n) is 1.47. The fourth-order valence-corrected chi connectivity index (χ4v) is 1.64.